The number of para-hydroxylation sites is 1. The second-order valence-electron chi connectivity index (χ2n) is 6.07. The lowest BCUT2D eigenvalue weighted by atomic mass is 9.94. The summed E-state index contributed by atoms with van der Waals surface area (Å²) in [5, 5.41) is 4.26. The normalized spacial score (nSPS) is 22.3. The van der Waals surface area contributed by atoms with Crippen molar-refractivity contribution in [1.82, 2.24) is 9.91 Å². The topological polar surface area (TPSA) is 19.0 Å². The van der Waals surface area contributed by atoms with Gasteiger partial charge in [0.2, 0.25) is 0 Å². The highest BCUT2D eigenvalue weighted by atomic mass is 16.7. The molecule has 0 spiro atoms. The van der Waals surface area contributed by atoms with Gasteiger partial charge in [0.25, 0.3) is 0 Å². The minimum absolute atomic E-state index is 0.827. The van der Waals surface area contributed by atoms with Crippen LogP contribution in [0.15, 0.2) is 30.3 Å². The fourth-order valence-electron chi connectivity index (χ4n) is 3.64. The number of anilines is 1. The van der Waals surface area contributed by atoms with Crippen molar-refractivity contribution in [2.24, 2.45) is 0 Å². The number of piperazine rings is 1. The van der Waals surface area contributed by atoms with E-state index in [-0.39, 0.29) is 0 Å². The number of hydrogen-bond acceptors (Lipinski definition) is 4. The molecule has 3 rings (SSSR count). The van der Waals surface area contributed by atoms with Crippen LogP contribution in [0.3, 0.4) is 0 Å². The fourth-order valence-corrected chi connectivity index (χ4v) is 3.64. The Kier molecular flexibility index (Phi) is 5.12. The lowest BCUT2D eigenvalue weighted by Gasteiger charge is -2.43. The van der Waals surface area contributed by atoms with E-state index in [9.17, 15) is 0 Å². The van der Waals surface area contributed by atoms with Gasteiger partial charge in [0.05, 0.1) is 12.8 Å². The van der Waals surface area contributed by atoms with E-state index in [1.54, 1.807) is 7.11 Å². The number of rotatable bonds is 4. The monoisotopic (exact) mass is 289 g/mol. The van der Waals surface area contributed by atoms with Crippen LogP contribution in [0.4, 0.5) is 5.69 Å². The van der Waals surface area contributed by atoms with Gasteiger partial charge in [0.1, 0.15) is 0 Å². The molecule has 116 valence electrons. The highest BCUT2D eigenvalue weighted by molar-refractivity contribution is 5.42. The van der Waals surface area contributed by atoms with Gasteiger partial charge in [-0.1, -0.05) is 37.5 Å². The van der Waals surface area contributed by atoms with Crippen molar-refractivity contribution < 1.29 is 4.84 Å². The summed E-state index contributed by atoms with van der Waals surface area (Å²) in [5.74, 6) is 0. The van der Waals surface area contributed by atoms with Gasteiger partial charge in [-0.3, -0.25) is 9.74 Å². The van der Waals surface area contributed by atoms with Gasteiger partial charge in [-0.15, -0.1) is 0 Å². The van der Waals surface area contributed by atoms with Gasteiger partial charge in [-0.05, 0) is 25.0 Å². The molecular formula is C17H27N3O. The van der Waals surface area contributed by atoms with E-state index in [0.717, 1.165) is 37.9 Å². The van der Waals surface area contributed by atoms with E-state index in [4.69, 9.17) is 4.84 Å². The van der Waals surface area contributed by atoms with E-state index < -0.39 is 0 Å². The molecule has 1 aliphatic carbocycles. The van der Waals surface area contributed by atoms with Gasteiger partial charge in [0, 0.05) is 32.2 Å². The molecule has 0 amide bonds. The van der Waals surface area contributed by atoms with E-state index in [1.165, 1.54) is 32.1 Å². The summed E-state index contributed by atoms with van der Waals surface area (Å²) in [6.45, 7) is 4.38. The van der Waals surface area contributed by atoms with E-state index in [1.807, 2.05) is 11.2 Å². The Morgan fingerprint density at radius 2 is 1.62 bits per heavy atom. The van der Waals surface area contributed by atoms with E-state index in [0.29, 0.717) is 0 Å². The SMILES string of the molecule is CON(c1ccccc1)N1CCN(C2CCCCC2)CC1. The maximum atomic E-state index is 5.60. The number of hydrogen-bond donors (Lipinski definition) is 0. The highest BCUT2D eigenvalue weighted by Crippen LogP contribution is 2.24. The zero-order valence-electron chi connectivity index (χ0n) is 13.1. The minimum Gasteiger partial charge on any atom is -0.298 e. The smallest absolute Gasteiger partial charge is 0.0825 e. The lowest BCUT2D eigenvalue weighted by molar-refractivity contribution is -0.0161. The molecule has 1 heterocycles. The van der Waals surface area contributed by atoms with Crippen molar-refractivity contribution in [2.75, 3.05) is 38.5 Å². The molecule has 4 nitrogen and oxygen atoms in total. The average Bonchev–Trinajstić information content (AvgIpc) is 2.58. The summed E-state index contributed by atoms with van der Waals surface area (Å²) in [7, 11) is 1.75. The molecule has 1 saturated carbocycles. The summed E-state index contributed by atoms with van der Waals surface area (Å²) in [4.78, 5) is 8.29. The van der Waals surface area contributed by atoms with Crippen LogP contribution in [0, 0.1) is 0 Å². The molecule has 21 heavy (non-hydrogen) atoms. The summed E-state index contributed by atoms with van der Waals surface area (Å²) in [6.07, 6.45) is 7.06. The van der Waals surface area contributed by atoms with Crippen molar-refractivity contribution in [2.45, 2.75) is 38.1 Å². The molecule has 1 aromatic rings. The summed E-state index contributed by atoms with van der Waals surface area (Å²) in [6, 6.07) is 11.2. The molecule has 0 N–H and O–H groups in total. The molecule has 0 aromatic heterocycles. The first-order chi connectivity index (χ1) is 10.4. The van der Waals surface area contributed by atoms with Gasteiger partial charge >= 0.3 is 0 Å². The third-order valence-corrected chi connectivity index (χ3v) is 4.79. The van der Waals surface area contributed by atoms with Crippen LogP contribution in [0.5, 0.6) is 0 Å². The highest BCUT2D eigenvalue weighted by Gasteiger charge is 2.27. The molecule has 2 aliphatic rings. The van der Waals surface area contributed by atoms with E-state index in [2.05, 4.69) is 34.2 Å². The Balaban J connectivity index is 1.56. The summed E-state index contributed by atoms with van der Waals surface area (Å²) >= 11 is 0. The lowest BCUT2D eigenvalue weighted by Crippen LogP contribution is -2.56. The minimum atomic E-state index is 0.827. The van der Waals surface area contributed by atoms with Crippen molar-refractivity contribution in [3.05, 3.63) is 30.3 Å². The first-order valence-electron chi connectivity index (χ1n) is 8.26. The quantitative estimate of drug-likeness (QED) is 0.793. The zero-order chi connectivity index (χ0) is 14.5. The molecule has 0 unspecified atom stereocenters. The first-order valence-corrected chi connectivity index (χ1v) is 8.26. The van der Waals surface area contributed by atoms with Crippen molar-refractivity contribution >= 4 is 5.69 Å². The van der Waals surface area contributed by atoms with Crippen molar-refractivity contribution in [3.8, 4) is 0 Å². The second kappa shape index (κ2) is 7.25. The molecule has 0 radical (unpaired) electrons. The molecule has 0 bridgehead atoms. The standard InChI is InChI=1S/C17H27N3O/c1-21-20(17-10-6-3-7-11-17)19-14-12-18(13-15-19)16-8-4-2-5-9-16/h3,6-7,10-11,16H,2,4-5,8-9,12-15H2,1H3. The van der Waals surface area contributed by atoms with E-state index >= 15 is 0 Å². The maximum absolute atomic E-state index is 5.60. The maximum Gasteiger partial charge on any atom is 0.0825 e. The van der Waals surface area contributed by atoms with Crippen LogP contribution < -0.4 is 5.17 Å². The van der Waals surface area contributed by atoms with Crippen LogP contribution in [0.25, 0.3) is 0 Å². The first kappa shape index (κ1) is 14.8. The van der Waals surface area contributed by atoms with Gasteiger partial charge in [-0.2, -0.15) is 10.2 Å². The molecule has 1 aromatic carbocycles. The molecule has 1 aliphatic heterocycles. The molecule has 2 fully saturated rings. The van der Waals surface area contributed by atoms with Gasteiger partial charge in [-0.25, -0.2) is 0 Å². The van der Waals surface area contributed by atoms with Gasteiger partial charge in [0.15, 0.2) is 0 Å². The third-order valence-electron chi connectivity index (χ3n) is 4.79. The molecule has 0 atom stereocenters. The fraction of sp³-hybridized carbons (Fsp3) is 0.647. The van der Waals surface area contributed by atoms with Crippen LogP contribution in [0.1, 0.15) is 32.1 Å². The van der Waals surface area contributed by atoms with Crippen LogP contribution in [-0.2, 0) is 4.84 Å². The predicted octanol–water partition coefficient (Wildman–Crippen LogP) is 2.92. The third kappa shape index (κ3) is 3.57. The average molecular weight is 289 g/mol. The van der Waals surface area contributed by atoms with Gasteiger partial charge < -0.3 is 0 Å². The van der Waals surface area contributed by atoms with Crippen LogP contribution in [0.2, 0.25) is 0 Å². The molecular weight excluding hydrogens is 262 g/mol. The number of benzene rings is 1. The molecule has 4 heteroatoms. The summed E-state index contributed by atoms with van der Waals surface area (Å²) in [5.41, 5.74) is 1.10. The summed E-state index contributed by atoms with van der Waals surface area (Å²) < 4.78 is 0. The number of hydrazine groups is 1. The van der Waals surface area contributed by atoms with Crippen LogP contribution in [-0.4, -0.2) is 49.2 Å². The van der Waals surface area contributed by atoms with Crippen molar-refractivity contribution in [3.63, 3.8) is 0 Å². The zero-order valence-corrected chi connectivity index (χ0v) is 13.1. The Morgan fingerprint density at radius 1 is 0.952 bits per heavy atom. The van der Waals surface area contributed by atoms with Crippen LogP contribution >= 0.6 is 0 Å². The Hall–Kier alpha value is -1.10. The number of nitrogens with zero attached hydrogens (tertiary/aromatic N) is 3. The predicted molar refractivity (Wildman–Crippen MR) is 85.9 cm³/mol. The molecule has 1 saturated heterocycles. The largest absolute Gasteiger partial charge is 0.298 e. The Bertz CT molecular complexity index is 411. The second-order valence-corrected chi connectivity index (χ2v) is 6.07. The Labute approximate surface area is 128 Å². The van der Waals surface area contributed by atoms with Crippen molar-refractivity contribution in [1.29, 1.82) is 0 Å². The Morgan fingerprint density at radius 3 is 2.24 bits per heavy atom.